The van der Waals surface area contributed by atoms with Gasteiger partial charge in [-0.1, -0.05) is 32.0 Å². The van der Waals surface area contributed by atoms with E-state index < -0.39 is 0 Å². The van der Waals surface area contributed by atoms with E-state index in [0.29, 0.717) is 29.2 Å². The molecule has 1 saturated carbocycles. The number of hydrogen-bond acceptors (Lipinski definition) is 2. The van der Waals surface area contributed by atoms with Crippen molar-refractivity contribution in [3.05, 3.63) is 53.3 Å². The van der Waals surface area contributed by atoms with E-state index >= 15 is 0 Å². The quantitative estimate of drug-likeness (QED) is 0.630. The van der Waals surface area contributed by atoms with Crippen LogP contribution in [0.3, 0.4) is 0 Å². The summed E-state index contributed by atoms with van der Waals surface area (Å²) in [5, 5.41) is 0. The first-order valence-electron chi connectivity index (χ1n) is 9.54. The SMILES string of the molecule is COc1ccc(F)c(-c2ccc(CC(C)C)cc2C(C2CC2)N(C)C)c1. The molecule has 0 aliphatic heterocycles. The normalized spacial score (nSPS) is 15.5. The monoisotopic (exact) mass is 355 g/mol. The molecule has 0 heterocycles. The largest absolute Gasteiger partial charge is 0.497 e. The fourth-order valence-corrected chi connectivity index (χ4v) is 3.90. The van der Waals surface area contributed by atoms with Crippen LogP contribution >= 0.6 is 0 Å². The molecule has 0 saturated heterocycles. The summed E-state index contributed by atoms with van der Waals surface area (Å²) in [6.45, 7) is 4.47. The molecule has 3 rings (SSSR count). The second-order valence-electron chi connectivity index (χ2n) is 8.11. The van der Waals surface area contributed by atoms with Gasteiger partial charge in [0.2, 0.25) is 0 Å². The smallest absolute Gasteiger partial charge is 0.131 e. The molecule has 1 atom stereocenters. The Bertz CT molecular complexity index is 763. The molecule has 0 bridgehead atoms. The predicted octanol–water partition coefficient (Wildman–Crippen LogP) is 5.71. The molecule has 0 N–H and O–H groups in total. The number of nitrogens with zero attached hydrogens (tertiary/aromatic N) is 1. The van der Waals surface area contributed by atoms with Crippen molar-refractivity contribution in [3.63, 3.8) is 0 Å². The fourth-order valence-electron chi connectivity index (χ4n) is 3.90. The van der Waals surface area contributed by atoms with Gasteiger partial charge in [0.15, 0.2) is 0 Å². The van der Waals surface area contributed by atoms with Crippen molar-refractivity contribution in [2.24, 2.45) is 11.8 Å². The van der Waals surface area contributed by atoms with Crippen LogP contribution in [0.2, 0.25) is 0 Å². The summed E-state index contributed by atoms with van der Waals surface area (Å²) < 4.78 is 20.0. The van der Waals surface area contributed by atoms with Crippen LogP contribution in [0.1, 0.15) is 43.9 Å². The zero-order chi connectivity index (χ0) is 18.8. The molecule has 1 fully saturated rings. The molecule has 0 spiro atoms. The van der Waals surface area contributed by atoms with Crippen molar-refractivity contribution >= 4 is 0 Å². The van der Waals surface area contributed by atoms with Crippen molar-refractivity contribution in [1.82, 2.24) is 4.90 Å². The highest BCUT2D eigenvalue weighted by Gasteiger charge is 2.35. The van der Waals surface area contributed by atoms with Gasteiger partial charge in [-0.2, -0.15) is 0 Å². The van der Waals surface area contributed by atoms with Gasteiger partial charge in [-0.15, -0.1) is 0 Å². The lowest BCUT2D eigenvalue weighted by Crippen LogP contribution is -2.22. The van der Waals surface area contributed by atoms with Crippen molar-refractivity contribution < 1.29 is 9.13 Å². The Hall–Kier alpha value is -1.87. The third-order valence-electron chi connectivity index (χ3n) is 5.17. The lowest BCUT2D eigenvalue weighted by Gasteiger charge is -2.28. The van der Waals surface area contributed by atoms with Crippen LogP contribution in [0, 0.1) is 17.7 Å². The topological polar surface area (TPSA) is 12.5 Å². The highest BCUT2D eigenvalue weighted by Crippen LogP contribution is 2.47. The molecule has 0 aromatic heterocycles. The van der Waals surface area contributed by atoms with Crippen LogP contribution < -0.4 is 4.74 Å². The summed E-state index contributed by atoms with van der Waals surface area (Å²) in [7, 11) is 5.88. The number of methoxy groups -OCH3 is 1. The number of benzene rings is 2. The summed E-state index contributed by atoms with van der Waals surface area (Å²) in [6.07, 6.45) is 3.53. The highest BCUT2D eigenvalue weighted by molar-refractivity contribution is 5.70. The van der Waals surface area contributed by atoms with Gasteiger partial charge >= 0.3 is 0 Å². The summed E-state index contributed by atoms with van der Waals surface area (Å²) in [4.78, 5) is 2.29. The van der Waals surface area contributed by atoms with Gasteiger partial charge < -0.3 is 9.64 Å². The Balaban J connectivity index is 2.14. The minimum Gasteiger partial charge on any atom is -0.497 e. The molecule has 0 amide bonds. The van der Waals surface area contributed by atoms with Gasteiger partial charge in [-0.3, -0.25) is 0 Å². The van der Waals surface area contributed by atoms with E-state index in [1.165, 1.54) is 30.0 Å². The lowest BCUT2D eigenvalue weighted by atomic mass is 9.88. The molecule has 2 nitrogen and oxygen atoms in total. The Kier molecular flexibility index (Phi) is 5.67. The van der Waals surface area contributed by atoms with E-state index in [0.717, 1.165) is 12.0 Å². The summed E-state index contributed by atoms with van der Waals surface area (Å²) >= 11 is 0. The summed E-state index contributed by atoms with van der Waals surface area (Å²) in [5.41, 5.74) is 4.18. The van der Waals surface area contributed by atoms with Crippen molar-refractivity contribution in [1.29, 1.82) is 0 Å². The number of hydrogen-bond donors (Lipinski definition) is 0. The Morgan fingerprint density at radius 2 is 1.81 bits per heavy atom. The molecule has 0 radical (unpaired) electrons. The minimum atomic E-state index is -0.197. The van der Waals surface area contributed by atoms with E-state index in [1.54, 1.807) is 13.2 Å². The van der Waals surface area contributed by atoms with E-state index in [9.17, 15) is 4.39 Å². The Morgan fingerprint density at radius 3 is 2.38 bits per heavy atom. The highest BCUT2D eigenvalue weighted by atomic mass is 19.1. The maximum Gasteiger partial charge on any atom is 0.131 e. The van der Waals surface area contributed by atoms with Crippen molar-refractivity contribution in [2.75, 3.05) is 21.2 Å². The number of rotatable bonds is 7. The van der Waals surface area contributed by atoms with E-state index in [-0.39, 0.29) is 5.82 Å². The minimum absolute atomic E-state index is 0.197. The van der Waals surface area contributed by atoms with Crippen LogP contribution in [0.25, 0.3) is 11.1 Å². The van der Waals surface area contributed by atoms with E-state index in [4.69, 9.17) is 4.74 Å². The second kappa shape index (κ2) is 7.79. The first-order chi connectivity index (χ1) is 12.4. The van der Waals surface area contributed by atoms with Gasteiger partial charge in [0, 0.05) is 11.6 Å². The third kappa shape index (κ3) is 4.09. The molecule has 26 heavy (non-hydrogen) atoms. The lowest BCUT2D eigenvalue weighted by molar-refractivity contribution is 0.270. The predicted molar refractivity (Wildman–Crippen MR) is 106 cm³/mol. The molecule has 3 heteroatoms. The number of halogens is 1. The molecular formula is C23H30FNO. The first-order valence-corrected chi connectivity index (χ1v) is 9.54. The maximum atomic E-state index is 14.7. The van der Waals surface area contributed by atoms with Gasteiger partial charge in [-0.05, 0) is 80.1 Å². The van der Waals surface area contributed by atoms with Crippen molar-refractivity contribution in [3.8, 4) is 16.9 Å². The average molecular weight is 355 g/mol. The van der Waals surface area contributed by atoms with Gasteiger partial charge in [0.1, 0.15) is 11.6 Å². The van der Waals surface area contributed by atoms with Crippen molar-refractivity contribution in [2.45, 2.75) is 39.2 Å². The summed E-state index contributed by atoms with van der Waals surface area (Å²) in [5.74, 6) is 1.75. The molecule has 1 aliphatic rings. The number of ether oxygens (including phenoxy) is 1. The van der Waals surface area contributed by atoms with Gasteiger partial charge in [-0.25, -0.2) is 4.39 Å². The van der Waals surface area contributed by atoms with Crippen LogP contribution in [0.4, 0.5) is 4.39 Å². The molecule has 140 valence electrons. The molecule has 2 aromatic rings. The van der Waals surface area contributed by atoms with E-state index in [2.05, 4.69) is 51.0 Å². The molecular weight excluding hydrogens is 325 g/mol. The van der Waals surface area contributed by atoms with Gasteiger partial charge in [0.25, 0.3) is 0 Å². The summed E-state index contributed by atoms with van der Waals surface area (Å²) in [6, 6.07) is 11.9. The average Bonchev–Trinajstić information content (AvgIpc) is 3.40. The van der Waals surface area contributed by atoms with E-state index in [1.807, 2.05) is 6.07 Å². The van der Waals surface area contributed by atoms with Crippen LogP contribution in [-0.2, 0) is 6.42 Å². The van der Waals surface area contributed by atoms with Crippen LogP contribution in [0.5, 0.6) is 5.75 Å². The van der Waals surface area contributed by atoms with Gasteiger partial charge in [0.05, 0.1) is 7.11 Å². The second-order valence-corrected chi connectivity index (χ2v) is 8.11. The first kappa shape index (κ1) is 18.9. The van der Waals surface area contributed by atoms with Crippen LogP contribution in [-0.4, -0.2) is 26.1 Å². The zero-order valence-electron chi connectivity index (χ0n) is 16.6. The standard InChI is InChI=1S/C23H30FNO/c1-15(2)12-16-6-10-19(20-14-18(26-5)9-11-22(20)24)21(13-16)23(25(3)4)17-7-8-17/h6,9-11,13-15,17,23H,7-8,12H2,1-5H3. The third-order valence-corrected chi connectivity index (χ3v) is 5.17. The molecule has 1 aliphatic carbocycles. The van der Waals surface area contributed by atoms with Crippen LogP contribution in [0.15, 0.2) is 36.4 Å². The Labute approximate surface area is 157 Å². The zero-order valence-corrected chi connectivity index (χ0v) is 16.6. The fraction of sp³-hybridized carbons (Fsp3) is 0.478. The molecule has 2 aromatic carbocycles. The Morgan fingerprint density at radius 1 is 1.08 bits per heavy atom. The molecule has 1 unspecified atom stereocenters. The maximum absolute atomic E-state index is 14.7.